The number of amides is 1. The SMILES string of the molecule is CC(C)NC(=O)c1cccc(O)c1. The number of hydrogen-bond donors (Lipinski definition) is 2. The standard InChI is InChI=1S/C10H13NO2/c1-7(2)11-10(13)8-4-3-5-9(12)6-8/h3-7,12H,1-2H3,(H,11,13). The maximum absolute atomic E-state index is 11.4. The molecular formula is C10H13NO2. The second kappa shape index (κ2) is 3.94. The summed E-state index contributed by atoms with van der Waals surface area (Å²) in [6, 6.07) is 6.39. The third-order valence-electron chi connectivity index (χ3n) is 1.53. The maximum Gasteiger partial charge on any atom is 0.251 e. The number of nitrogens with one attached hydrogen (secondary N) is 1. The van der Waals surface area contributed by atoms with Crippen LogP contribution >= 0.6 is 0 Å². The van der Waals surface area contributed by atoms with Gasteiger partial charge in [0.25, 0.3) is 5.91 Å². The van der Waals surface area contributed by atoms with Gasteiger partial charge >= 0.3 is 0 Å². The Balaban J connectivity index is 2.77. The Bertz CT molecular complexity index is 308. The Hall–Kier alpha value is -1.51. The van der Waals surface area contributed by atoms with Gasteiger partial charge in [-0.05, 0) is 32.0 Å². The van der Waals surface area contributed by atoms with Gasteiger partial charge < -0.3 is 10.4 Å². The summed E-state index contributed by atoms with van der Waals surface area (Å²) in [5.74, 6) is -0.0534. The smallest absolute Gasteiger partial charge is 0.251 e. The van der Waals surface area contributed by atoms with Gasteiger partial charge in [0.1, 0.15) is 5.75 Å². The molecule has 2 N–H and O–H groups in total. The molecule has 0 saturated heterocycles. The van der Waals surface area contributed by atoms with Crippen molar-refractivity contribution in [2.24, 2.45) is 0 Å². The van der Waals surface area contributed by atoms with Gasteiger partial charge in [-0.3, -0.25) is 4.79 Å². The van der Waals surface area contributed by atoms with Crippen molar-refractivity contribution in [3.05, 3.63) is 29.8 Å². The van der Waals surface area contributed by atoms with Crippen LogP contribution < -0.4 is 5.32 Å². The van der Waals surface area contributed by atoms with E-state index in [4.69, 9.17) is 5.11 Å². The summed E-state index contributed by atoms with van der Waals surface area (Å²) in [7, 11) is 0. The van der Waals surface area contributed by atoms with Crippen LogP contribution in [0.1, 0.15) is 24.2 Å². The summed E-state index contributed by atoms with van der Waals surface area (Å²) in [4.78, 5) is 11.4. The van der Waals surface area contributed by atoms with Gasteiger partial charge in [-0.2, -0.15) is 0 Å². The van der Waals surface area contributed by atoms with E-state index in [-0.39, 0.29) is 17.7 Å². The topological polar surface area (TPSA) is 49.3 Å². The van der Waals surface area contributed by atoms with Crippen LogP contribution in [0.25, 0.3) is 0 Å². The van der Waals surface area contributed by atoms with Crippen molar-refractivity contribution >= 4 is 5.91 Å². The largest absolute Gasteiger partial charge is 0.508 e. The highest BCUT2D eigenvalue weighted by Crippen LogP contribution is 2.10. The molecule has 0 aliphatic rings. The minimum Gasteiger partial charge on any atom is -0.508 e. The molecule has 13 heavy (non-hydrogen) atoms. The van der Waals surface area contributed by atoms with Crippen molar-refractivity contribution in [1.82, 2.24) is 5.32 Å². The summed E-state index contributed by atoms with van der Waals surface area (Å²) in [5, 5.41) is 11.9. The molecule has 0 aliphatic heterocycles. The number of phenolic OH excluding ortho intramolecular Hbond substituents is 1. The summed E-state index contributed by atoms with van der Waals surface area (Å²) in [6.07, 6.45) is 0. The highest BCUT2D eigenvalue weighted by molar-refractivity contribution is 5.94. The van der Waals surface area contributed by atoms with Crippen molar-refractivity contribution in [2.75, 3.05) is 0 Å². The van der Waals surface area contributed by atoms with Crippen molar-refractivity contribution in [3.63, 3.8) is 0 Å². The van der Waals surface area contributed by atoms with E-state index < -0.39 is 0 Å². The molecule has 3 nitrogen and oxygen atoms in total. The van der Waals surface area contributed by atoms with Gasteiger partial charge in [0.15, 0.2) is 0 Å². The molecule has 0 aliphatic carbocycles. The third kappa shape index (κ3) is 2.78. The fraction of sp³-hybridized carbons (Fsp3) is 0.300. The molecule has 1 aromatic carbocycles. The lowest BCUT2D eigenvalue weighted by molar-refractivity contribution is 0.0942. The number of carbonyl (C=O) groups excluding carboxylic acids is 1. The zero-order valence-corrected chi connectivity index (χ0v) is 7.74. The van der Waals surface area contributed by atoms with E-state index in [9.17, 15) is 4.79 Å². The first-order chi connectivity index (χ1) is 6.09. The van der Waals surface area contributed by atoms with E-state index in [2.05, 4.69) is 5.32 Å². The average Bonchev–Trinajstić information content (AvgIpc) is 2.03. The first-order valence-corrected chi connectivity index (χ1v) is 4.19. The number of phenols is 1. The fourth-order valence-corrected chi connectivity index (χ4v) is 0.993. The molecule has 0 fully saturated rings. The lowest BCUT2D eigenvalue weighted by Crippen LogP contribution is -2.29. The van der Waals surface area contributed by atoms with Crippen LogP contribution in [0.4, 0.5) is 0 Å². The molecule has 1 aromatic rings. The highest BCUT2D eigenvalue weighted by Gasteiger charge is 2.06. The van der Waals surface area contributed by atoms with E-state index in [1.54, 1.807) is 12.1 Å². The lowest BCUT2D eigenvalue weighted by Gasteiger charge is -2.07. The van der Waals surface area contributed by atoms with Crippen LogP contribution in [0.2, 0.25) is 0 Å². The van der Waals surface area contributed by atoms with Gasteiger partial charge in [0.2, 0.25) is 0 Å². The quantitative estimate of drug-likeness (QED) is 0.723. The minimum atomic E-state index is -0.161. The van der Waals surface area contributed by atoms with Gasteiger partial charge in [-0.1, -0.05) is 6.07 Å². The molecule has 0 spiro atoms. The molecule has 0 heterocycles. The van der Waals surface area contributed by atoms with Gasteiger partial charge in [-0.15, -0.1) is 0 Å². The highest BCUT2D eigenvalue weighted by atomic mass is 16.3. The predicted molar refractivity (Wildman–Crippen MR) is 50.7 cm³/mol. The van der Waals surface area contributed by atoms with Crippen molar-refractivity contribution in [1.29, 1.82) is 0 Å². The first kappa shape index (κ1) is 9.58. The molecule has 0 aromatic heterocycles. The summed E-state index contributed by atoms with van der Waals surface area (Å²) < 4.78 is 0. The van der Waals surface area contributed by atoms with Crippen LogP contribution in [-0.4, -0.2) is 17.1 Å². The molecule has 0 unspecified atom stereocenters. The molecule has 0 saturated carbocycles. The van der Waals surface area contributed by atoms with Crippen molar-refractivity contribution < 1.29 is 9.90 Å². The van der Waals surface area contributed by atoms with E-state index in [1.807, 2.05) is 13.8 Å². The van der Waals surface area contributed by atoms with Crippen LogP contribution in [0.5, 0.6) is 5.75 Å². The summed E-state index contributed by atoms with van der Waals surface area (Å²) in [5.41, 5.74) is 0.480. The molecule has 0 atom stereocenters. The van der Waals surface area contributed by atoms with Crippen LogP contribution in [0.3, 0.4) is 0 Å². The summed E-state index contributed by atoms with van der Waals surface area (Å²) in [6.45, 7) is 3.78. The van der Waals surface area contributed by atoms with Gasteiger partial charge in [0.05, 0.1) is 0 Å². The fourth-order valence-electron chi connectivity index (χ4n) is 0.993. The molecule has 0 bridgehead atoms. The molecule has 1 amide bonds. The second-order valence-corrected chi connectivity index (χ2v) is 3.18. The maximum atomic E-state index is 11.4. The Morgan fingerprint density at radius 3 is 2.69 bits per heavy atom. The predicted octanol–water partition coefficient (Wildman–Crippen LogP) is 1.53. The Morgan fingerprint density at radius 1 is 1.46 bits per heavy atom. The molecule has 0 radical (unpaired) electrons. The third-order valence-corrected chi connectivity index (χ3v) is 1.53. The van der Waals surface area contributed by atoms with E-state index >= 15 is 0 Å². The zero-order chi connectivity index (χ0) is 9.84. The lowest BCUT2D eigenvalue weighted by atomic mass is 10.2. The number of rotatable bonds is 2. The molecule has 3 heteroatoms. The monoisotopic (exact) mass is 179 g/mol. The Morgan fingerprint density at radius 2 is 2.15 bits per heavy atom. The molecule has 70 valence electrons. The molecule has 1 rings (SSSR count). The van der Waals surface area contributed by atoms with E-state index in [1.165, 1.54) is 12.1 Å². The number of benzene rings is 1. The van der Waals surface area contributed by atoms with Crippen LogP contribution in [0.15, 0.2) is 24.3 Å². The second-order valence-electron chi connectivity index (χ2n) is 3.18. The van der Waals surface area contributed by atoms with Gasteiger partial charge in [0, 0.05) is 11.6 Å². The number of aromatic hydroxyl groups is 1. The average molecular weight is 179 g/mol. The van der Waals surface area contributed by atoms with E-state index in [0.717, 1.165) is 0 Å². The normalized spacial score (nSPS) is 10.1. The first-order valence-electron chi connectivity index (χ1n) is 4.19. The van der Waals surface area contributed by atoms with Crippen LogP contribution in [-0.2, 0) is 0 Å². The van der Waals surface area contributed by atoms with Gasteiger partial charge in [-0.25, -0.2) is 0 Å². The summed E-state index contributed by atoms with van der Waals surface area (Å²) >= 11 is 0. The number of carbonyl (C=O) groups is 1. The Labute approximate surface area is 77.4 Å². The van der Waals surface area contributed by atoms with Crippen LogP contribution in [0, 0.1) is 0 Å². The van der Waals surface area contributed by atoms with Crippen molar-refractivity contribution in [3.8, 4) is 5.75 Å². The zero-order valence-electron chi connectivity index (χ0n) is 7.74. The van der Waals surface area contributed by atoms with E-state index in [0.29, 0.717) is 5.56 Å². The van der Waals surface area contributed by atoms with Crippen molar-refractivity contribution in [2.45, 2.75) is 19.9 Å². The number of hydrogen-bond acceptors (Lipinski definition) is 2. The Kier molecular flexibility index (Phi) is 2.90. The molecular weight excluding hydrogens is 166 g/mol. The minimum absolute atomic E-state index is 0.106.